The minimum absolute atomic E-state index is 0.192. The first-order chi connectivity index (χ1) is 10.4. The molecule has 0 amide bonds. The third-order valence-electron chi connectivity index (χ3n) is 4.18. The third kappa shape index (κ3) is 1.91. The maximum Gasteiger partial charge on any atom is 0.138 e. The lowest BCUT2D eigenvalue weighted by atomic mass is 9.99. The number of para-hydroxylation sites is 1. The number of rotatable bonds is 3. The first kappa shape index (κ1) is 12.4. The lowest BCUT2D eigenvalue weighted by Crippen LogP contribution is -2.10. The van der Waals surface area contributed by atoms with E-state index < -0.39 is 0 Å². The zero-order valence-electron chi connectivity index (χ0n) is 11.6. The lowest BCUT2D eigenvalue weighted by molar-refractivity contribution is 0.281. The minimum atomic E-state index is 0.192. The van der Waals surface area contributed by atoms with Gasteiger partial charge in [-0.3, -0.25) is 0 Å². The fraction of sp³-hybridized carbons (Fsp3) is 0.235. The molecule has 0 aliphatic carbocycles. The number of benzene rings is 1. The van der Waals surface area contributed by atoms with Gasteiger partial charge in [0.2, 0.25) is 0 Å². The number of aliphatic hydroxyl groups is 1. The van der Waals surface area contributed by atoms with E-state index >= 15 is 0 Å². The monoisotopic (exact) mass is 279 g/mol. The van der Waals surface area contributed by atoms with E-state index in [2.05, 4.69) is 45.6 Å². The molecule has 3 N–H and O–H groups in total. The molecule has 3 heterocycles. The average Bonchev–Trinajstić information content (AvgIpc) is 2.90. The molecule has 0 fully saturated rings. The van der Waals surface area contributed by atoms with Crippen molar-refractivity contribution in [2.75, 3.05) is 11.9 Å². The molecule has 4 heteroatoms. The summed E-state index contributed by atoms with van der Waals surface area (Å²) in [6.45, 7) is 0.216. The Kier molecular flexibility index (Phi) is 2.89. The molecular formula is C17H17N3O. The van der Waals surface area contributed by atoms with E-state index in [0.717, 1.165) is 24.2 Å². The van der Waals surface area contributed by atoms with Crippen molar-refractivity contribution in [3.63, 3.8) is 0 Å². The lowest BCUT2D eigenvalue weighted by Gasteiger charge is -2.18. The van der Waals surface area contributed by atoms with Crippen molar-refractivity contribution in [3.05, 3.63) is 48.3 Å². The molecule has 0 radical (unpaired) electrons. The second-order valence-electron chi connectivity index (χ2n) is 5.43. The van der Waals surface area contributed by atoms with Crippen molar-refractivity contribution < 1.29 is 5.11 Å². The highest BCUT2D eigenvalue weighted by atomic mass is 16.2. The van der Waals surface area contributed by atoms with Gasteiger partial charge in [0.15, 0.2) is 0 Å². The van der Waals surface area contributed by atoms with E-state index in [0.29, 0.717) is 0 Å². The Morgan fingerprint density at radius 3 is 2.95 bits per heavy atom. The van der Waals surface area contributed by atoms with E-state index in [9.17, 15) is 0 Å². The quantitative estimate of drug-likeness (QED) is 0.688. The maximum atomic E-state index is 9.15. The summed E-state index contributed by atoms with van der Waals surface area (Å²) in [5.41, 5.74) is 5.72. The van der Waals surface area contributed by atoms with Gasteiger partial charge in [0, 0.05) is 41.2 Å². The van der Waals surface area contributed by atoms with E-state index in [-0.39, 0.29) is 12.6 Å². The molecule has 1 aliphatic heterocycles. The maximum absolute atomic E-state index is 9.15. The molecule has 1 atom stereocenters. The minimum Gasteiger partial charge on any atom is -0.396 e. The van der Waals surface area contributed by atoms with Gasteiger partial charge < -0.3 is 15.4 Å². The summed E-state index contributed by atoms with van der Waals surface area (Å²) in [5, 5.41) is 14.0. The molecule has 1 unspecified atom stereocenters. The fourth-order valence-electron chi connectivity index (χ4n) is 3.21. The second-order valence-corrected chi connectivity index (χ2v) is 5.43. The summed E-state index contributed by atoms with van der Waals surface area (Å²) in [7, 11) is 0. The molecule has 0 saturated heterocycles. The first-order valence-electron chi connectivity index (χ1n) is 7.31. The Morgan fingerprint density at radius 2 is 2.05 bits per heavy atom. The Labute approximate surface area is 122 Å². The van der Waals surface area contributed by atoms with Crippen LogP contribution in [-0.2, 0) is 0 Å². The molecule has 1 aromatic carbocycles. The summed E-state index contributed by atoms with van der Waals surface area (Å²) in [5.74, 6) is 0. The van der Waals surface area contributed by atoms with Crippen molar-refractivity contribution >= 4 is 16.7 Å². The summed E-state index contributed by atoms with van der Waals surface area (Å²) in [4.78, 5) is 7.71. The van der Waals surface area contributed by atoms with Crippen molar-refractivity contribution in [1.82, 2.24) is 9.97 Å². The fourth-order valence-corrected chi connectivity index (χ4v) is 3.21. The number of aliphatic hydroxyl groups excluding tert-OH is 1. The van der Waals surface area contributed by atoms with E-state index in [4.69, 9.17) is 5.11 Å². The van der Waals surface area contributed by atoms with Crippen LogP contribution in [0.5, 0.6) is 0 Å². The summed E-state index contributed by atoms with van der Waals surface area (Å²) < 4.78 is 0. The summed E-state index contributed by atoms with van der Waals surface area (Å²) in [6, 6.07) is 10.6. The van der Waals surface area contributed by atoms with E-state index in [1.54, 1.807) is 0 Å². The standard InChI is InChI=1S/C17H17N3O/c21-9-3-6-15-13-10-19-17-16(13)12(7-8-18-17)11-4-1-2-5-14(11)20-15/h1-2,4-5,7-8,10,15,20-21H,3,6,9H2,(H,18,19). The van der Waals surface area contributed by atoms with Gasteiger partial charge in [0.05, 0.1) is 6.04 Å². The summed E-state index contributed by atoms with van der Waals surface area (Å²) in [6.07, 6.45) is 5.57. The predicted molar refractivity (Wildman–Crippen MR) is 84.2 cm³/mol. The van der Waals surface area contributed by atoms with Crippen molar-refractivity contribution in [2.45, 2.75) is 18.9 Å². The van der Waals surface area contributed by atoms with Crippen LogP contribution in [0.1, 0.15) is 24.4 Å². The predicted octanol–water partition coefficient (Wildman–Crippen LogP) is 3.47. The number of pyridine rings is 1. The van der Waals surface area contributed by atoms with Crippen LogP contribution in [-0.4, -0.2) is 21.7 Å². The number of H-pyrrole nitrogens is 1. The molecule has 2 aromatic heterocycles. The Hall–Kier alpha value is -2.33. The molecule has 1 aliphatic rings. The Morgan fingerprint density at radius 1 is 1.14 bits per heavy atom. The average molecular weight is 279 g/mol. The van der Waals surface area contributed by atoms with Crippen LogP contribution in [0.4, 0.5) is 5.69 Å². The van der Waals surface area contributed by atoms with Crippen LogP contribution in [0.2, 0.25) is 0 Å². The molecule has 4 nitrogen and oxygen atoms in total. The molecule has 0 spiro atoms. The Balaban J connectivity index is 1.98. The molecule has 106 valence electrons. The van der Waals surface area contributed by atoms with Crippen LogP contribution >= 0.6 is 0 Å². The SMILES string of the molecule is OCCCC1Nc2ccccc2-c2ccnc3[nH]cc1c23. The van der Waals surface area contributed by atoms with E-state index in [1.807, 2.05) is 12.4 Å². The van der Waals surface area contributed by atoms with Crippen molar-refractivity contribution in [2.24, 2.45) is 0 Å². The number of nitrogens with one attached hydrogen (secondary N) is 2. The molecule has 21 heavy (non-hydrogen) atoms. The van der Waals surface area contributed by atoms with Gasteiger partial charge in [-0.15, -0.1) is 0 Å². The van der Waals surface area contributed by atoms with E-state index in [1.165, 1.54) is 22.1 Å². The number of hydrogen-bond donors (Lipinski definition) is 3. The van der Waals surface area contributed by atoms with Crippen molar-refractivity contribution in [1.29, 1.82) is 0 Å². The van der Waals surface area contributed by atoms with Gasteiger partial charge in [-0.05, 0) is 30.5 Å². The van der Waals surface area contributed by atoms with Crippen LogP contribution in [0.15, 0.2) is 42.7 Å². The van der Waals surface area contributed by atoms with Crippen LogP contribution in [0.3, 0.4) is 0 Å². The highest BCUT2D eigenvalue weighted by Crippen LogP contribution is 2.42. The number of anilines is 1. The third-order valence-corrected chi connectivity index (χ3v) is 4.18. The zero-order valence-corrected chi connectivity index (χ0v) is 11.6. The zero-order chi connectivity index (χ0) is 14.2. The van der Waals surface area contributed by atoms with Gasteiger partial charge in [-0.2, -0.15) is 0 Å². The number of hydrogen-bond acceptors (Lipinski definition) is 3. The highest BCUT2D eigenvalue weighted by molar-refractivity contribution is 6.00. The first-order valence-corrected chi connectivity index (χ1v) is 7.31. The normalized spacial score (nSPS) is 16.3. The molecule has 0 bridgehead atoms. The Bertz CT molecular complexity index is 794. The number of fused-ring (bicyclic) bond motifs is 2. The molecule has 0 saturated carbocycles. The van der Waals surface area contributed by atoms with Gasteiger partial charge in [0.1, 0.15) is 5.65 Å². The smallest absolute Gasteiger partial charge is 0.138 e. The molecular weight excluding hydrogens is 262 g/mol. The number of aromatic amines is 1. The van der Waals surface area contributed by atoms with Crippen molar-refractivity contribution in [3.8, 4) is 11.1 Å². The second kappa shape index (κ2) is 4.90. The van der Waals surface area contributed by atoms with Gasteiger partial charge in [-0.1, -0.05) is 18.2 Å². The van der Waals surface area contributed by atoms with Crippen LogP contribution in [0.25, 0.3) is 22.2 Å². The van der Waals surface area contributed by atoms with Gasteiger partial charge in [0.25, 0.3) is 0 Å². The highest BCUT2D eigenvalue weighted by Gasteiger charge is 2.24. The number of aromatic nitrogens is 2. The van der Waals surface area contributed by atoms with Gasteiger partial charge >= 0.3 is 0 Å². The van der Waals surface area contributed by atoms with Gasteiger partial charge in [-0.25, -0.2) is 4.98 Å². The molecule has 4 rings (SSSR count). The van der Waals surface area contributed by atoms with Crippen LogP contribution in [0, 0.1) is 0 Å². The summed E-state index contributed by atoms with van der Waals surface area (Å²) >= 11 is 0. The largest absolute Gasteiger partial charge is 0.396 e. The topological polar surface area (TPSA) is 60.9 Å². The van der Waals surface area contributed by atoms with Crippen LogP contribution < -0.4 is 5.32 Å². The molecule has 3 aromatic rings. The number of nitrogens with zero attached hydrogens (tertiary/aromatic N) is 1.